The maximum atomic E-state index is 12.8. The van der Waals surface area contributed by atoms with Gasteiger partial charge in [0, 0.05) is 5.69 Å². The van der Waals surface area contributed by atoms with Crippen molar-refractivity contribution >= 4 is 27.6 Å². The third-order valence-corrected chi connectivity index (χ3v) is 7.16. The molecule has 8 nitrogen and oxygen atoms in total. The quantitative estimate of drug-likeness (QED) is 0.244. The van der Waals surface area contributed by atoms with Crippen LogP contribution >= 0.6 is 0 Å². The number of alkyl halides is 3. The molecule has 0 heterocycles. The van der Waals surface area contributed by atoms with E-state index < -0.39 is 38.7 Å². The molecule has 0 saturated carbocycles. The highest BCUT2D eigenvalue weighted by atomic mass is 32.2. The Bertz CT molecular complexity index is 1390. The van der Waals surface area contributed by atoms with Gasteiger partial charge < -0.3 is 15.7 Å². The summed E-state index contributed by atoms with van der Waals surface area (Å²) in [6.07, 6.45) is -3.92. The second-order valence-corrected chi connectivity index (χ2v) is 10.5. The molecule has 0 saturated heterocycles. The van der Waals surface area contributed by atoms with Gasteiger partial charge in [-0.05, 0) is 72.5 Å². The van der Waals surface area contributed by atoms with Crippen LogP contribution in [0, 0.1) is 0 Å². The number of hydrogen-bond donors (Lipinski definition) is 4. The highest BCUT2D eigenvalue weighted by Crippen LogP contribution is 2.30. The fourth-order valence-corrected chi connectivity index (χ4v) is 4.88. The number of carboxylic acid groups (broad SMARTS) is 1. The van der Waals surface area contributed by atoms with Crippen molar-refractivity contribution in [3.05, 3.63) is 83.9 Å². The van der Waals surface area contributed by atoms with E-state index in [0.29, 0.717) is 23.4 Å². The van der Waals surface area contributed by atoms with E-state index in [2.05, 4.69) is 15.4 Å². The van der Waals surface area contributed by atoms with Gasteiger partial charge in [0.25, 0.3) is 0 Å². The van der Waals surface area contributed by atoms with Crippen LogP contribution in [0.5, 0.6) is 0 Å². The number of hydrogen-bond acceptors (Lipinski definition) is 5. The molecule has 12 heteroatoms. The fourth-order valence-electron chi connectivity index (χ4n) is 3.69. The summed E-state index contributed by atoms with van der Waals surface area (Å²) in [7, 11) is -4.40. The van der Waals surface area contributed by atoms with Gasteiger partial charge in [-0.2, -0.15) is 17.9 Å². The van der Waals surface area contributed by atoms with Crippen molar-refractivity contribution in [2.75, 3.05) is 18.4 Å². The second-order valence-electron chi connectivity index (χ2n) is 8.74. The zero-order valence-corrected chi connectivity index (χ0v) is 21.8. The monoisotopic (exact) mass is 563 g/mol. The molecule has 1 atom stereocenters. The Balaban J connectivity index is 1.69. The van der Waals surface area contributed by atoms with E-state index in [9.17, 15) is 36.3 Å². The highest BCUT2D eigenvalue weighted by Gasteiger charge is 2.31. The van der Waals surface area contributed by atoms with E-state index in [-0.39, 0.29) is 18.9 Å². The summed E-state index contributed by atoms with van der Waals surface area (Å²) in [5, 5.41) is 15.4. The van der Waals surface area contributed by atoms with Crippen LogP contribution in [0.15, 0.2) is 77.7 Å². The summed E-state index contributed by atoms with van der Waals surface area (Å²) in [5.41, 5.74) is 1.71. The van der Waals surface area contributed by atoms with Gasteiger partial charge in [0.2, 0.25) is 15.9 Å². The molecule has 0 aromatic heterocycles. The number of rotatable bonds is 12. The molecule has 3 rings (SSSR count). The van der Waals surface area contributed by atoms with Crippen LogP contribution in [0.25, 0.3) is 11.1 Å². The summed E-state index contributed by atoms with van der Waals surface area (Å²) in [4.78, 5) is 23.4. The van der Waals surface area contributed by atoms with Crippen molar-refractivity contribution in [3.63, 3.8) is 0 Å². The SMILES string of the molecule is CCCNCC(=O)Nc1cccc(-c2ccc(C[C@@H](NS(=O)(=O)c3ccc(C(F)(F)F)cc3)C(=O)O)cc2)c1. The Hall–Kier alpha value is -3.74. The van der Waals surface area contributed by atoms with Gasteiger partial charge in [0.1, 0.15) is 6.04 Å². The first-order chi connectivity index (χ1) is 18.4. The predicted molar refractivity (Wildman–Crippen MR) is 141 cm³/mol. The number of amides is 1. The number of carbonyl (C=O) groups is 2. The third kappa shape index (κ3) is 8.63. The molecule has 39 heavy (non-hydrogen) atoms. The molecule has 0 bridgehead atoms. The number of nitrogens with one attached hydrogen (secondary N) is 3. The molecule has 0 unspecified atom stereocenters. The molecule has 0 aliphatic carbocycles. The maximum Gasteiger partial charge on any atom is 0.416 e. The summed E-state index contributed by atoms with van der Waals surface area (Å²) >= 11 is 0. The van der Waals surface area contributed by atoms with Crippen LogP contribution < -0.4 is 15.4 Å². The maximum absolute atomic E-state index is 12.8. The Morgan fingerprint density at radius 3 is 2.21 bits per heavy atom. The van der Waals surface area contributed by atoms with E-state index in [1.807, 2.05) is 13.0 Å². The van der Waals surface area contributed by atoms with Crippen LogP contribution in [0.3, 0.4) is 0 Å². The van der Waals surface area contributed by atoms with Crippen molar-refractivity contribution in [2.45, 2.75) is 36.9 Å². The molecule has 3 aromatic carbocycles. The predicted octanol–water partition coefficient (Wildman–Crippen LogP) is 4.28. The lowest BCUT2D eigenvalue weighted by Crippen LogP contribution is -2.42. The highest BCUT2D eigenvalue weighted by molar-refractivity contribution is 7.89. The molecular weight excluding hydrogens is 535 g/mol. The number of anilines is 1. The van der Waals surface area contributed by atoms with Gasteiger partial charge in [-0.1, -0.05) is 43.3 Å². The van der Waals surface area contributed by atoms with Crippen molar-refractivity contribution in [3.8, 4) is 11.1 Å². The van der Waals surface area contributed by atoms with E-state index in [4.69, 9.17) is 0 Å². The number of carboxylic acids is 1. The molecule has 1 amide bonds. The molecule has 0 radical (unpaired) electrons. The minimum Gasteiger partial charge on any atom is -0.480 e. The average molecular weight is 564 g/mol. The standard InChI is InChI=1S/C27H28F3N3O5S/c1-2-14-31-17-25(34)32-22-5-3-4-20(16-22)19-8-6-18(7-9-19)15-24(26(35)36)33-39(37,38)23-12-10-21(11-13-23)27(28,29)30/h3-13,16,24,31,33H,2,14-15,17H2,1H3,(H,32,34)(H,35,36)/t24-/m1/s1. The molecule has 4 N–H and O–H groups in total. The first-order valence-electron chi connectivity index (χ1n) is 12.0. The van der Waals surface area contributed by atoms with Gasteiger partial charge in [-0.15, -0.1) is 0 Å². The molecular formula is C27H28F3N3O5S. The zero-order valence-electron chi connectivity index (χ0n) is 21.0. The topological polar surface area (TPSA) is 125 Å². The van der Waals surface area contributed by atoms with Gasteiger partial charge in [0.15, 0.2) is 0 Å². The van der Waals surface area contributed by atoms with Crippen LogP contribution in [0.1, 0.15) is 24.5 Å². The van der Waals surface area contributed by atoms with E-state index in [1.165, 1.54) is 0 Å². The largest absolute Gasteiger partial charge is 0.480 e. The van der Waals surface area contributed by atoms with E-state index >= 15 is 0 Å². The molecule has 0 aliphatic rings. The van der Waals surface area contributed by atoms with Crippen molar-refractivity contribution in [2.24, 2.45) is 0 Å². The second kappa shape index (κ2) is 12.9. The van der Waals surface area contributed by atoms with Gasteiger partial charge in [-0.3, -0.25) is 9.59 Å². The molecule has 0 aliphatic heterocycles. The van der Waals surface area contributed by atoms with Crippen LogP contribution in [-0.2, 0) is 32.2 Å². The van der Waals surface area contributed by atoms with Crippen molar-refractivity contribution < 1.29 is 36.3 Å². The minimum atomic E-state index is -4.63. The average Bonchev–Trinajstić information content (AvgIpc) is 2.88. The normalized spacial score (nSPS) is 12.6. The van der Waals surface area contributed by atoms with Crippen molar-refractivity contribution in [1.82, 2.24) is 10.0 Å². The number of benzene rings is 3. The number of sulfonamides is 1. The summed E-state index contributed by atoms with van der Waals surface area (Å²) in [5.74, 6) is -1.61. The van der Waals surface area contributed by atoms with Crippen LogP contribution in [-0.4, -0.2) is 44.5 Å². The summed E-state index contributed by atoms with van der Waals surface area (Å²) < 4.78 is 65.6. The third-order valence-electron chi connectivity index (χ3n) is 5.67. The van der Waals surface area contributed by atoms with Crippen LogP contribution in [0.4, 0.5) is 18.9 Å². The lowest BCUT2D eigenvalue weighted by molar-refractivity contribution is -0.139. The minimum absolute atomic E-state index is 0.172. The number of carbonyl (C=O) groups excluding carboxylic acids is 1. The first kappa shape index (κ1) is 29.8. The zero-order chi connectivity index (χ0) is 28.6. The van der Waals surface area contributed by atoms with E-state index in [1.54, 1.807) is 42.5 Å². The van der Waals surface area contributed by atoms with Crippen molar-refractivity contribution in [1.29, 1.82) is 0 Å². The summed E-state index contributed by atoms with van der Waals surface area (Å²) in [6, 6.07) is 15.2. The smallest absolute Gasteiger partial charge is 0.416 e. The van der Waals surface area contributed by atoms with Crippen LogP contribution in [0.2, 0.25) is 0 Å². The Kier molecular flexibility index (Phi) is 9.84. The Morgan fingerprint density at radius 1 is 0.949 bits per heavy atom. The number of halogens is 3. The number of aliphatic carboxylic acids is 1. The van der Waals surface area contributed by atoms with Gasteiger partial charge in [0.05, 0.1) is 17.0 Å². The molecule has 0 spiro atoms. The lowest BCUT2D eigenvalue weighted by atomic mass is 10.0. The van der Waals surface area contributed by atoms with Gasteiger partial charge >= 0.3 is 12.1 Å². The Labute approximate surface area is 224 Å². The first-order valence-corrected chi connectivity index (χ1v) is 13.5. The fraction of sp³-hybridized carbons (Fsp3) is 0.259. The molecule has 208 valence electrons. The molecule has 3 aromatic rings. The van der Waals surface area contributed by atoms with Gasteiger partial charge in [-0.25, -0.2) is 8.42 Å². The lowest BCUT2D eigenvalue weighted by Gasteiger charge is -2.16. The van der Waals surface area contributed by atoms with E-state index in [0.717, 1.165) is 36.2 Å². The molecule has 0 fully saturated rings. The Morgan fingerprint density at radius 2 is 1.62 bits per heavy atom. The summed E-state index contributed by atoms with van der Waals surface area (Å²) in [6.45, 7) is 2.93.